The van der Waals surface area contributed by atoms with Gasteiger partial charge in [0.25, 0.3) is 0 Å². The van der Waals surface area contributed by atoms with Crippen molar-refractivity contribution >= 4 is 0 Å². The summed E-state index contributed by atoms with van der Waals surface area (Å²) in [6.45, 7) is 5.15. The molecule has 2 nitrogen and oxygen atoms in total. The second-order valence-corrected chi connectivity index (χ2v) is 7.24. The van der Waals surface area contributed by atoms with Gasteiger partial charge in [0, 0.05) is 6.54 Å². The largest absolute Gasteiger partial charge is 0.370 e. The smallest absolute Gasteiger partial charge is 0.0727 e. The Hall–Kier alpha value is -0.0800. The Morgan fingerprint density at radius 1 is 1.06 bits per heavy atom. The van der Waals surface area contributed by atoms with Crippen molar-refractivity contribution in [1.29, 1.82) is 0 Å². The van der Waals surface area contributed by atoms with E-state index in [0.29, 0.717) is 12.5 Å². The molecule has 0 spiro atoms. The predicted molar refractivity (Wildman–Crippen MR) is 69.7 cm³/mol. The lowest BCUT2D eigenvalue weighted by Crippen LogP contribution is -2.54. The molecule has 0 saturated heterocycles. The van der Waals surface area contributed by atoms with Gasteiger partial charge in [0.1, 0.15) is 0 Å². The Balaban J connectivity index is 1.73. The average Bonchev–Trinajstić information content (AvgIpc) is 2.23. The van der Waals surface area contributed by atoms with E-state index in [1.807, 2.05) is 0 Å². The summed E-state index contributed by atoms with van der Waals surface area (Å²) in [5.41, 5.74) is 6.10. The zero-order valence-electron chi connectivity index (χ0n) is 11.3. The van der Waals surface area contributed by atoms with E-state index >= 15 is 0 Å². The van der Waals surface area contributed by atoms with E-state index in [0.717, 1.165) is 17.8 Å². The molecule has 0 heterocycles. The van der Waals surface area contributed by atoms with Crippen LogP contribution in [0.4, 0.5) is 0 Å². The summed E-state index contributed by atoms with van der Waals surface area (Å²) in [7, 11) is 0. The molecular formula is C15H27NO. The van der Waals surface area contributed by atoms with Crippen LogP contribution in [0.5, 0.6) is 0 Å². The van der Waals surface area contributed by atoms with Gasteiger partial charge >= 0.3 is 0 Å². The van der Waals surface area contributed by atoms with E-state index in [-0.39, 0.29) is 11.7 Å². The van der Waals surface area contributed by atoms with Crippen molar-refractivity contribution in [2.75, 3.05) is 6.54 Å². The van der Waals surface area contributed by atoms with Crippen LogP contribution in [0.1, 0.15) is 52.4 Å². The van der Waals surface area contributed by atoms with Gasteiger partial charge in [-0.1, -0.05) is 13.8 Å². The van der Waals surface area contributed by atoms with Crippen molar-refractivity contribution in [1.82, 2.24) is 0 Å². The van der Waals surface area contributed by atoms with E-state index in [1.165, 1.54) is 38.5 Å². The zero-order chi connectivity index (χ0) is 12.0. The number of rotatable bonds is 4. The molecule has 0 amide bonds. The summed E-state index contributed by atoms with van der Waals surface area (Å²) in [6, 6.07) is 0. The maximum atomic E-state index is 6.54. The topological polar surface area (TPSA) is 35.2 Å². The highest BCUT2D eigenvalue weighted by Gasteiger charge is 2.52. The van der Waals surface area contributed by atoms with Gasteiger partial charge in [0.05, 0.1) is 11.7 Å². The molecular weight excluding hydrogens is 210 g/mol. The Morgan fingerprint density at radius 3 is 1.88 bits per heavy atom. The molecule has 2 N–H and O–H groups in total. The minimum absolute atomic E-state index is 0.225. The van der Waals surface area contributed by atoms with Crippen molar-refractivity contribution in [3.05, 3.63) is 0 Å². The van der Waals surface area contributed by atoms with Gasteiger partial charge in [-0.3, -0.25) is 0 Å². The molecule has 4 saturated carbocycles. The third-order valence-corrected chi connectivity index (χ3v) is 5.36. The molecule has 4 rings (SSSR count). The first-order valence-electron chi connectivity index (χ1n) is 7.48. The highest BCUT2D eigenvalue weighted by molar-refractivity contribution is 5.03. The normalized spacial score (nSPS) is 45.5. The van der Waals surface area contributed by atoms with Gasteiger partial charge < -0.3 is 10.5 Å². The third kappa shape index (κ3) is 2.15. The van der Waals surface area contributed by atoms with Crippen LogP contribution in [-0.2, 0) is 4.74 Å². The molecule has 4 bridgehead atoms. The van der Waals surface area contributed by atoms with Crippen LogP contribution in [0.2, 0.25) is 0 Å². The van der Waals surface area contributed by atoms with Gasteiger partial charge in [0.2, 0.25) is 0 Å². The summed E-state index contributed by atoms with van der Waals surface area (Å²) in [4.78, 5) is 0. The van der Waals surface area contributed by atoms with Crippen molar-refractivity contribution in [3.63, 3.8) is 0 Å². The molecule has 4 aliphatic rings. The second kappa shape index (κ2) is 4.24. The zero-order valence-corrected chi connectivity index (χ0v) is 11.3. The summed E-state index contributed by atoms with van der Waals surface area (Å²) in [5.74, 6) is 3.44. The molecule has 0 aromatic rings. The maximum absolute atomic E-state index is 6.54. The molecule has 2 heteroatoms. The number of ether oxygens (including phenoxy) is 1. The summed E-state index contributed by atoms with van der Waals surface area (Å²) < 4.78 is 6.54. The van der Waals surface area contributed by atoms with E-state index in [2.05, 4.69) is 13.8 Å². The minimum atomic E-state index is 0.225. The van der Waals surface area contributed by atoms with Crippen molar-refractivity contribution in [3.8, 4) is 0 Å². The molecule has 0 aromatic heterocycles. The SMILES string of the molecule is CC(C)C(CN)OC12CC3CC(CC(C3)C1)C2. The second-order valence-electron chi connectivity index (χ2n) is 7.24. The van der Waals surface area contributed by atoms with Crippen LogP contribution in [0.25, 0.3) is 0 Å². The van der Waals surface area contributed by atoms with E-state index in [4.69, 9.17) is 10.5 Å². The van der Waals surface area contributed by atoms with Crippen LogP contribution < -0.4 is 5.73 Å². The predicted octanol–water partition coefficient (Wildman–Crippen LogP) is 2.96. The quantitative estimate of drug-likeness (QED) is 0.816. The van der Waals surface area contributed by atoms with E-state index in [9.17, 15) is 0 Å². The highest BCUT2D eigenvalue weighted by Crippen LogP contribution is 2.57. The summed E-state index contributed by atoms with van der Waals surface area (Å²) in [6.07, 6.45) is 8.69. The van der Waals surface area contributed by atoms with Gasteiger partial charge in [-0.2, -0.15) is 0 Å². The van der Waals surface area contributed by atoms with Crippen molar-refractivity contribution < 1.29 is 4.74 Å². The molecule has 4 aliphatic carbocycles. The summed E-state index contributed by atoms with van der Waals surface area (Å²) >= 11 is 0. The molecule has 98 valence electrons. The van der Waals surface area contributed by atoms with Crippen LogP contribution in [0.3, 0.4) is 0 Å². The number of nitrogens with two attached hydrogens (primary N) is 1. The Labute approximate surface area is 105 Å². The van der Waals surface area contributed by atoms with Crippen LogP contribution >= 0.6 is 0 Å². The molecule has 4 fully saturated rings. The molecule has 0 radical (unpaired) electrons. The van der Waals surface area contributed by atoms with Crippen LogP contribution in [-0.4, -0.2) is 18.2 Å². The fourth-order valence-corrected chi connectivity index (χ4v) is 4.95. The Morgan fingerprint density at radius 2 is 1.53 bits per heavy atom. The maximum Gasteiger partial charge on any atom is 0.0727 e. The lowest BCUT2D eigenvalue weighted by molar-refractivity contribution is -0.193. The van der Waals surface area contributed by atoms with E-state index in [1.54, 1.807) is 0 Å². The first-order chi connectivity index (χ1) is 8.10. The lowest BCUT2D eigenvalue weighted by Gasteiger charge is -2.57. The minimum Gasteiger partial charge on any atom is -0.370 e. The first kappa shape index (κ1) is 12.0. The molecule has 0 aliphatic heterocycles. The average molecular weight is 237 g/mol. The van der Waals surface area contributed by atoms with Crippen molar-refractivity contribution in [2.45, 2.75) is 64.1 Å². The Bertz CT molecular complexity index is 251. The number of hydrogen-bond acceptors (Lipinski definition) is 2. The summed E-state index contributed by atoms with van der Waals surface area (Å²) in [5, 5.41) is 0. The fraction of sp³-hybridized carbons (Fsp3) is 1.00. The van der Waals surface area contributed by atoms with Crippen molar-refractivity contribution in [2.24, 2.45) is 29.4 Å². The standard InChI is InChI=1S/C15H27NO/c1-10(2)14(9-16)17-15-6-11-3-12(7-15)5-13(4-11)8-15/h10-14H,3-9,16H2,1-2H3. The molecule has 1 unspecified atom stereocenters. The lowest BCUT2D eigenvalue weighted by atomic mass is 9.54. The molecule has 1 atom stereocenters. The van der Waals surface area contributed by atoms with E-state index < -0.39 is 0 Å². The monoisotopic (exact) mass is 237 g/mol. The van der Waals surface area contributed by atoms with Gasteiger partial charge in [-0.05, 0) is 62.2 Å². The molecule has 0 aromatic carbocycles. The number of hydrogen-bond donors (Lipinski definition) is 1. The van der Waals surface area contributed by atoms with Gasteiger partial charge in [0.15, 0.2) is 0 Å². The van der Waals surface area contributed by atoms with Gasteiger partial charge in [-0.25, -0.2) is 0 Å². The Kier molecular flexibility index (Phi) is 2.99. The first-order valence-corrected chi connectivity index (χ1v) is 7.48. The molecule has 17 heavy (non-hydrogen) atoms. The fourth-order valence-electron chi connectivity index (χ4n) is 4.95. The van der Waals surface area contributed by atoms with Crippen LogP contribution in [0, 0.1) is 23.7 Å². The third-order valence-electron chi connectivity index (χ3n) is 5.36. The highest BCUT2D eigenvalue weighted by atomic mass is 16.5. The van der Waals surface area contributed by atoms with Gasteiger partial charge in [-0.15, -0.1) is 0 Å². The van der Waals surface area contributed by atoms with Crippen LogP contribution in [0.15, 0.2) is 0 Å².